The highest BCUT2D eigenvalue weighted by molar-refractivity contribution is 5.74. The number of carbonyl (C=O) groups excluding carboxylic acids is 1. The minimum atomic E-state index is -0.374. The number of methoxy groups -OCH3 is 2. The average molecular weight is 249 g/mol. The fraction of sp³-hybridized carbons (Fsp3) is 0.385. The van der Waals surface area contributed by atoms with Crippen LogP contribution in [0.3, 0.4) is 0 Å². The molecule has 0 N–H and O–H groups in total. The topological polar surface area (TPSA) is 68.6 Å². The van der Waals surface area contributed by atoms with Gasteiger partial charge in [0.05, 0.1) is 38.9 Å². The highest BCUT2D eigenvalue weighted by Crippen LogP contribution is 2.30. The summed E-state index contributed by atoms with van der Waals surface area (Å²) in [5.41, 5.74) is 0.939. The minimum absolute atomic E-state index is 0.0388. The fourth-order valence-corrected chi connectivity index (χ4v) is 1.54. The molecule has 0 aliphatic carbocycles. The normalized spacial score (nSPS) is 9.44. The van der Waals surface area contributed by atoms with Crippen LogP contribution in [0.4, 0.5) is 0 Å². The Bertz CT molecular complexity index is 477. The molecule has 1 aromatic carbocycles. The van der Waals surface area contributed by atoms with Gasteiger partial charge in [-0.15, -0.1) is 0 Å². The lowest BCUT2D eigenvalue weighted by molar-refractivity contribution is -0.142. The third-order valence-corrected chi connectivity index (χ3v) is 2.37. The summed E-state index contributed by atoms with van der Waals surface area (Å²) in [6.45, 7) is 2.05. The van der Waals surface area contributed by atoms with Crippen LogP contribution < -0.4 is 9.47 Å². The predicted molar refractivity (Wildman–Crippen MR) is 64.6 cm³/mol. The second-order valence-corrected chi connectivity index (χ2v) is 3.46. The highest BCUT2D eigenvalue weighted by atomic mass is 16.5. The van der Waals surface area contributed by atoms with Crippen molar-refractivity contribution in [2.45, 2.75) is 13.3 Å². The van der Waals surface area contributed by atoms with E-state index in [-0.39, 0.29) is 12.4 Å². The van der Waals surface area contributed by atoms with E-state index in [1.165, 1.54) is 14.2 Å². The summed E-state index contributed by atoms with van der Waals surface area (Å²) in [4.78, 5) is 11.4. The first-order valence-corrected chi connectivity index (χ1v) is 5.46. The highest BCUT2D eigenvalue weighted by Gasteiger charge is 2.14. The van der Waals surface area contributed by atoms with Crippen LogP contribution in [0.2, 0.25) is 0 Å². The number of esters is 1. The zero-order valence-corrected chi connectivity index (χ0v) is 10.6. The van der Waals surface area contributed by atoms with Crippen LogP contribution >= 0.6 is 0 Å². The first kappa shape index (κ1) is 13.8. The predicted octanol–water partition coefficient (Wildman–Crippen LogP) is 1.68. The molecule has 96 valence electrons. The van der Waals surface area contributed by atoms with Crippen molar-refractivity contribution in [3.63, 3.8) is 0 Å². The number of benzene rings is 1. The molecule has 0 saturated heterocycles. The summed E-state index contributed by atoms with van der Waals surface area (Å²) in [5.74, 6) is 0.568. The molecule has 0 atom stereocenters. The number of hydrogen-bond donors (Lipinski definition) is 0. The molecular formula is C13H15NO4. The van der Waals surface area contributed by atoms with Crippen LogP contribution in [0.5, 0.6) is 11.5 Å². The van der Waals surface area contributed by atoms with E-state index in [0.717, 1.165) is 0 Å². The number of nitriles is 1. The van der Waals surface area contributed by atoms with Gasteiger partial charge < -0.3 is 14.2 Å². The van der Waals surface area contributed by atoms with Crippen molar-refractivity contribution in [3.8, 4) is 17.6 Å². The van der Waals surface area contributed by atoms with Crippen LogP contribution in [-0.2, 0) is 16.0 Å². The SMILES string of the molecule is CCOC(=O)Cc1cc(OC)c(OC)cc1C#N. The van der Waals surface area contributed by atoms with E-state index in [1.54, 1.807) is 19.1 Å². The average Bonchev–Trinajstić information content (AvgIpc) is 2.38. The van der Waals surface area contributed by atoms with Gasteiger partial charge in [0.1, 0.15) is 0 Å². The van der Waals surface area contributed by atoms with Gasteiger partial charge in [-0.05, 0) is 18.6 Å². The molecule has 0 amide bonds. The van der Waals surface area contributed by atoms with Crippen LogP contribution in [0, 0.1) is 11.3 Å². The van der Waals surface area contributed by atoms with E-state index in [1.807, 2.05) is 6.07 Å². The zero-order valence-electron chi connectivity index (χ0n) is 10.6. The quantitative estimate of drug-likeness (QED) is 0.742. The molecule has 0 aliphatic rings. The molecule has 18 heavy (non-hydrogen) atoms. The van der Waals surface area contributed by atoms with E-state index >= 15 is 0 Å². The molecule has 5 nitrogen and oxygen atoms in total. The standard InChI is InChI=1S/C13H15NO4/c1-4-18-13(15)7-9-5-11(16-2)12(17-3)6-10(9)8-14/h5-6H,4,7H2,1-3H3. The first-order valence-electron chi connectivity index (χ1n) is 5.46. The van der Waals surface area contributed by atoms with Gasteiger partial charge in [0, 0.05) is 6.07 Å². The van der Waals surface area contributed by atoms with E-state index in [2.05, 4.69) is 0 Å². The van der Waals surface area contributed by atoms with Crippen molar-refractivity contribution < 1.29 is 19.0 Å². The zero-order chi connectivity index (χ0) is 13.5. The number of nitrogens with zero attached hydrogens (tertiary/aromatic N) is 1. The summed E-state index contributed by atoms with van der Waals surface area (Å²) in [7, 11) is 2.99. The maximum Gasteiger partial charge on any atom is 0.310 e. The number of carbonyl (C=O) groups is 1. The third-order valence-electron chi connectivity index (χ3n) is 2.37. The van der Waals surface area contributed by atoms with Crippen molar-refractivity contribution in [1.82, 2.24) is 0 Å². The maximum atomic E-state index is 11.4. The molecule has 0 aliphatic heterocycles. The van der Waals surface area contributed by atoms with Gasteiger partial charge in [-0.1, -0.05) is 0 Å². The van der Waals surface area contributed by atoms with Crippen molar-refractivity contribution in [3.05, 3.63) is 23.3 Å². The van der Waals surface area contributed by atoms with E-state index in [0.29, 0.717) is 29.2 Å². The molecule has 0 bridgehead atoms. The number of ether oxygens (including phenoxy) is 3. The summed E-state index contributed by atoms with van der Waals surface area (Å²) in [5, 5.41) is 9.05. The molecule has 0 fully saturated rings. The van der Waals surface area contributed by atoms with Crippen LogP contribution in [0.25, 0.3) is 0 Å². The molecule has 0 unspecified atom stereocenters. The van der Waals surface area contributed by atoms with Gasteiger partial charge in [-0.3, -0.25) is 4.79 Å². The van der Waals surface area contributed by atoms with Crippen LogP contribution in [0.15, 0.2) is 12.1 Å². The third kappa shape index (κ3) is 3.14. The largest absolute Gasteiger partial charge is 0.493 e. The molecule has 0 saturated carbocycles. The van der Waals surface area contributed by atoms with Crippen molar-refractivity contribution in [2.24, 2.45) is 0 Å². The maximum absolute atomic E-state index is 11.4. The Morgan fingerprint density at radius 2 is 1.89 bits per heavy atom. The van der Waals surface area contributed by atoms with E-state index < -0.39 is 0 Å². The monoisotopic (exact) mass is 249 g/mol. The Kier molecular flexibility index (Phi) is 5.00. The summed E-state index contributed by atoms with van der Waals surface area (Å²) in [6, 6.07) is 5.19. The number of hydrogen-bond acceptors (Lipinski definition) is 5. The Morgan fingerprint density at radius 1 is 1.28 bits per heavy atom. The summed E-state index contributed by atoms with van der Waals surface area (Å²) >= 11 is 0. The van der Waals surface area contributed by atoms with Crippen LogP contribution in [-0.4, -0.2) is 26.8 Å². The van der Waals surface area contributed by atoms with E-state index in [4.69, 9.17) is 19.5 Å². The second kappa shape index (κ2) is 6.50. The first-order chi connectivity index (χ1) is 8.65. The van der Waals surface area contributed by atoms with Crippen molar-refractivity contribution in [2.75, 3.05) is 20.8 Å². The fourth-order valence-electron chi connectivity index (χ4n) is 1.54. The van der Waals surface area contributed by atoms with Gasteiger partial charge in [-0.25, -0.2) is 0 Å². The van der Waals surface area contributed by atoms with Crippen molar-refractivity contribution >= 4 is 5.97 Å². The van der Waals surface area contributed by atoms with E-state index in [9.17, 15) is 4.79 Å². The summed E-state index contributed by atoms with van der Waals surface area (Å²) in [6.07, 6.45) is 0.0388. The van der Waals surface area contributed by atoms with Gasteiger partial charge >= 0.3 is 5.97 Å². The Hall–Kier alpha value is -2.22. The van der Waals surface area contributed by atoms with Crippen molar-refractivity contribution in [1.29, 1.82) is 5.26 Å². The lowest BCUT2D eigenvalue weighted by Gasteiger charge is -2.11. The Balaban J connectivity index is 3.10. The van der Waals surface area contributed by atoms with Gasteiger partial charge in [-0.2, -0.15) is 5.26 Å². The Labute approximate surface area is 106 Å². The lowest BCUT2D eigenvalue weighted by Crippen LogP contribution is -2.09. The summed E-state index contributed by atoms with van der Waals surface area (Å²) < 4.78 is 15.1. The lowest BCUT2D eigenvalue weighted by atomic mass is 10.0. The molecule has 0 heterocycles. The van der Waals surface area contributed by atoms with Gasteiger partial charge in [0.2, 0.25) is 0 Å². The Morgan fingerprint density at radius 3 is 2.39 bits per heavy atom. The van der Waals surface area contributed by atoms with Gasteiger partial charge in [0.15, 0.2) is 11.5 Å². The molecule has 0 aromatic heterocycles. The second-order valence-electron chi connectivity index (χ2n) is 3.46. The van der Waals surface area contributed by atoms with Gasteiger partial charge in [0.25, 0.3) is 0 Å². The minimum Gasteiger partial charge on any atom is -0.493 e. The molecular weight excluding hydrogens is 234 g/mol. The molecule has 0 radical (unpaired) electrons. The smallest absolute Gasteiger partial charge is 0.310 e. The molecule has 1 rings (SSSR count). The molecule has 5 heteroatoms. The number of rotatable bonds is 5. The van der Waals surface area contributed by atoms with Crippen LogP contribution in [0.1, 0.15) is 18.1 Å². The molecule has 0 spiro atoms. The molecule has 1 aromatic rings.